The molecule has 6 nitrogen and oxygen atoms in total. The Balaban J connectivity index is 0.00000625. The quantitative estimate of drug-likeness (QED) is 0.327. The normalized spacial score (nSPS) is 19.3. The van der Waals surface area contributed by atoms with Crippen LogP contribution in [0.25, 0.3) is 0 Å². The molecule has 1 saturated heterocycles. The molecule has 1 aliphatic rings. The van der Waals surface area contributed by atoms with Crippen LogP contribution in [0, 0.1) is 11.8 Å². The molecule has 2 atom stereocenters. The van der Waals surface area contributed by atoms with Gasteiger partial charge in [-0.25, -0.2) is 4.79 Å². The van der Waals surface area contributed by atoms with Crippen LogP contribution in [-0.4, -0.2) is 48.2 Å². The lowest BCUT2D eigenvalue weighted by molar-refractivity contribution is 0.0289. The van der Waals surface area contributed by atoms with Gasteiger partial charge in [-0.3, -0.25) is 4.99 Å². The molecular formula is C19H39IN4O2. The first-order valence-corrected chi connectivity index (χ1v) is 9.61. The number of nitrogens with zero attached hydrogens (tertiary/aromatic N) is 2. The van der Waals surface area contributed by atoms with Crippen LogP contribution in [0.4, 0.5) is 4.79 Å². The van der Waals surface area contributed by atoms with E-state index in [4.69, 9.17) is 10.5 Å². The number of likely N-dealkylation sites (tertiary alicyclic amines) is 1. The molecule has 0 aromatic heterocycles. The number of ether oxygens (including phenoxy) is 1. The van der Waals surface area contributed by atoms with Crippen molar-refractivity contribution in [1.29, 1.82) is 0 Å². The van der Waals surface area contributed by atoms with Crippen molar-refractivity contribution in [2.75, 3.05) is 19.6 Å². The summed E-state index contributed by atoms with van der Waals surface area (Å²) in [4.78, 5) is 18.3. The van der Waals surface area contributed by atoms with Gasteiger partial charge in [0.2, 0.25) is 0 Å². The van der Waals surface area contributed by atoms with Gasteiger partial charge >= 0.3 is 6.09 Å². The van der Waals surface area contributed by atoms with Crippen LogP contribution < -0.4 is 11.1 Å². The van der Waals surface area contributed by atoms with E-state index in [0.717, 1.165) is 25.3 Å². The molecule has 1 rings (SSSR count). The Morgan fingerprint density at radius 1 is 1.31 bits per heavy atom. The summed E-state index contributed by atoms with van der Waals surface area (Å²) < 4.78 is 5.42. The maximum atomic E-state index is 12.1. The fourth-order valence-electron chi connectivity index (χ4n) is 2.90. The van der Waals surface area contributed by atoms with Gasteiger partial charge in [0.15, 0.2) is 5.96 Å². The number of aliphatic imine (C=N–C) groups is 1. The first kappa shape index (κ1) is 25.3. The number of amides is 1. The highest BCUT2D eigenvalue weighted by atomic mass is 127. The zero-order valence-corrected chi connectivity index (χ0v) is 19.7. The predicted molar refractivity (Wildman–Crippen MR) is 119 cm³/mol. The van der Waals surface area contributed by atoms with E-state index in [2.05, 4.69) is 31.1 Å². The molecule has 3 N–H and O–H groups in total. The summed E-state index contributed by atoms with van der Waals surface area (Å²) in [5, 5.41) is 3.27. The van der Waals surface area contributed by atoms with Crippen LogP contribution in [0.2, 0.25) is 0 Å². The van der Waals surface area contributed by atoms with Gasteiger partial charge in [0, 0.05) is 25.7 Å². The Bertz CT molecular complexity index is 449. The Labute approximate surface area is 176 Å². The third-order valence-electron chi connectivity index (χ3n) is 4.27. The monoisotopic (exact) mass is 482 g/mol. The van der Waals surface area contributed by atoms with E-state index in [9.17, 15) is 4.79 Å². The van der Waals surface area contributed by atoms with Crippen LogP contribution in [-0.2, 0) is 4.74 Å². The standard InChI is InChI=1S/C19H38N4O2.HI/c1-14(2)8-7-9-15(3)22-17(20)21-12-16-10-11-23(13-16)18(24)25-19(4,5)6;/h14-16H,7-13H2,1-6H3,(H3,20,21,22);1H. The number of guanidine groups is 1. The van der Waals surface area contributed by atoms with Gasteiger partial charge in [0.25, 0.3) is 0 Å². The summed E-state index contributed by atoms with van der Waals surface area (Å²) in [5.74, 6) is 1.60. The van der Waals surface area contributed by atoms with Crippen molar-refractivity contribution in [3.8, 4) is 0 Å². The van der Waals surface area contributed by atoms with Crippen molar-refractivity contribution in [1.82, 2.24) is 10.2 Å². The minimum absolute atomic E-state index is 0. The fourth-order valence-corrected chi connectivity index (χ4v) is 2.90. The Morgan fingerprint density at radius 3 is 2.54 bits per heavy atom. The molecule has 0 aliphatic carbocycles. The van der Waals surface area contributed by atoms with Gasteiger partial charge < -0.3 is 20.7 Å². The van der Waals surface area contributed by atoms with Gasteiger partial charge in [0.05, 0.1) is 0 Å². The molecule has 7 heteroatoms. The van der Waals surface area contributed by atoms with E-state index in [0.29, 0.717) is 31.0 Å². The van der Waals surface area contributed by atoms with Crippen LogP contribution >= 0.6 is 24.0 Å². The van der Waals surface area contributed by atoms with Crippen molar-refractivity contribution in [3.05, 3.63) is 0 Å². The smallest absolute Gasteiger partial charge is 0.410 e. The number of halogens is 1. The summed E-state index contributed by atoms with van der Waals surface area (Å²) in [6, 6.07) is 0.337. The molecule has 0 spiro atoms. The second-order valence-corrected chi connectivity index (χ2v) is 8.68. The maximum Gasteiger partial charge on any atom is 0.410 e. The molecule has 0 aromatic carbocycles. The predicted octanol–water partition coefficient (Wildman–Crippen LogP) is 3.98. The molecule has 0 saturated carbocycles. The Morgan fingerprint density at radius 2 is 1.96 bits per heavy atom. The largest absolute Gasteiger partial charge is 0.444 e. The summed E-state index contributed by atoms with van der Waals surface area (Å²) in [6.45, 7) is 14.4. The first-order chi connectivity index (χ1) is 11.6. The van der Waals surface area contributed by atoms with Crippen LogP contribution in [0.15, 0.2) is 4.99 Å². The fraction of sp³-hybridized carbons (Fsp3) is 0.895. The average molecular weight is 482 g/mol. The van der Waals surface area contributed by atoms with Gasteiger partial charge in [-0.05, 0) is 52.4 Å². The average Bonchev–Trinajstić information content (AvgIpc) is 2.92. The lowest BCUT2D eigenvalue weighted by atomic mass is 10.0. The Hall–Kier alpha value is -0.730. The van der Waals surface area contributed by atoms with Crippen LogP contribution in [0.1, 0.15) is 67.2 Å². The van der Waals surface area contributed by atoms with Crippen molar-refractivity contribution in [3.63, 3.8) is 0 Å². The van der Waals surface area contributed by atoms with Gasteiger partial charge in [-0.1, -0.05) is 26.7 Å². The minimum atomic E-state index is -0.451. The number of rotatable bonds is 7. The highest BCUT2D eigenvalue weighted by Crippen LogP contribution is 2.19. The Kier molecular flexibility index (Phi) is 11.5. The van der Waals surface area contributed by atoms with Crippen molar-refractivity contribution >= 4 is 36.0 Å². The molecule has 2 unspecified atom stereocenters. The van der Waals surface area contributed by atoms with Crippen molar-refractivity contribution in [2.24, 2.45) is 22.6 Å². The van der Waals surface area contributed by atoms with E-state index in [1.54, 1.807) is 4.90 Å². The molecule has 0 bridgehead atoms. The third-order valence-corrected chi connectivity index (χ3v) is 4.27. The van der Waals surface area contributed by atoms with E-state index in [1.807, 2.05) is 20.8 Å². The minimum Gasteiger partial charge on any atom is -0.444 e. The molecule has 1 heterocycles. The summed E-state index contributed by atoms with van der Waals surface area (Å²) >= 11 is 0. The van der Waals surface area contributed by atoms with E-state index in [-0.39, 0.29) is 30.1 Å². The third kappa shape index (κ3) is 11.1. The maximum absolute atomic E-state index is 12.1. The van der Waals surface area contributed by atoms with Gasteiger partial charge in [0.1, 0.15) is 5.60 Å². The van der Waals surface area contributed by atoms with E-state index in [1.165, 1.54) is 12.8 Å². The number of nitrogens with two attached hydrogens (primary N) is 1. The summed E-state index contributed by atoms with van der Waals surface area (Å²) in [5.41, 5.74) is 5.54. The van der Waals surface area contributed by atoms with Crippen molar-refractivity contribution < 1.29 is 9.53 Å². The van der Waals surface area contributed by atoms with E-state index >= 15 is 0 Å². The highest BCUT2D eigenvalue weighted by molar-refractivity contribution is 14.0. The zero-order valence-electron chi connectivity index (χ0n) is 17.4. The molecule has 26 heavy (non-hydrogen) atoms. The molecule has 0 radical (unpaired) electrons. The molecule has 154 valence electrons. The lowest BCUT2D eigenvalue weighted by Gasteiger charge is -2.24. The first-order valence-electron chi connectivity index (χ1n) is 9.61. The van der Waals surface area contributed by atoms with Crippen LogP contribution in [0.3, 0.4) is 0 Å². The molecule has 0 aromatic rings. The topological polar surface area (TPSA) is 80.0 Å². The van der Waals surface area contributed by atoms with E-state index < -0.39 is 5.60 Å². The summed E-state index contributed by atoms with van der Waals surface area (Å²) in [7, 11) is 0. The summed E-state index contributed by atoms with van der Waals surface area (Å²) in [6.07, 6.45) is 4.26. The SMILES string of the molecule is CC(C)CCCC(C)NC(N)=NCC1CCN(C(=O)OC(C)(C)C)C1.I. The zero-order chi connectivity index (χ0) is 19.0. The number of hydrogen-bond donors (Lipinski definition) is 2. The molecule has 1 amide bonds. The number of hydrogen-bond acceptors (Lipinski definition) is 3. The second-order valence-electron chi connectivity index (χ2n) is 8.68. The second kappa shape index (κ2) is 11.9. The lowest BCUT2D eigenvalue weighted by Crippen LogP contribution is -2.39. The number of nitrogens with one attached hydrogen (secondary N) is 1. The molecule has 1 aliphatic heterocycles. The number of carbonyl (C=O) groups excluding carboxylic acids is 1. The van der Waals surface area contributed by atoms with Gasteiger partial charge in [-0.15, -0.1) is 24.0 Å². The molecular weight excluding hydrogens is 443 g/mol. The van der Waals surface area contributed by atoms with Crippen LogP contribution in [0.5, 0.6) is 0 Å². The number of carbonyl (C=O) groups is 1. The molecule has 1 fully saturated rings. The van der Waals surface area contributed by atoms with Gasteiger partial charge in [-0.2, -0.15) is 0 Å². The highest BCUT2D eigenvalue weighted by Gasteiger charge is 2.29. The van der Waals surface area contributed by atoms with Crippen molar-refractivity contribution in [2.45, 2.75) is 78.9 Å².